The van der Waals surface area contributed by atoms with Crippen LogP contribution < -0.4 is 5.43 Å². The van der Waals surface area contributed by atoms with Crippen LogP contribution >= 0.6 is 0 Å². The molecule has 0 saturated carbocycles. The van der Waals surface area contributed by atoms with Crippen molar-refractivity contribution in [2.45, 2.75) is 0 Å². The molecule has 0 aliphatic heterocycles. The number of aromatic amines is 1. The minimum absolute atomic E-state index is 0.0382. The summed E-state index contributed by atoms with van der Waals surface area (Å²) in [6.07, 6.45) is 3.12. The molecule has 0 saturated heterocycles. The van der Waals surface area contributed by atoms with Gasteiger partial charge in [-0.25, -0.2) is 4.98 Å². The predicted molar refractivity (Wildman–Crippen MR) is 52.1 cm³/mol. The van der Waals surface area contributed by atoms with Crippen LogP contribution in [0.15, 0.2) is 39.9 Å². The SMILES string of the molecule is O=c1cccc2oc3cnc[nH]c3c12. The lowest BCUT2D eigenvalue weighted by Crippen LogP contribution is -1.96. The summed E-state index contributed by atoms with van der Waals surface area (Å²) in [5.74, 6) is 0. The van der Waals surface area contributed by atoms with Gasteiger partial charge in [0.2, 0.25) is 0 Å². The van der Waals surface area contributed by atoms with Crippen molar-refractivity contribution in [3.05, 3.63) is 40.9 Å². The highest BCUT2D eigenvalue weighted by Crippen LogP contribution is 2.22. The summed E-state index contributed by atoms with van der Waals surface area (Å²) in [6, 6.07) is 4.97. The van der Waals surface area contributed by atoms with E-state index in [9.17, 15) is 4.79 Å². The van der Waals surface area contributed by atoms with E-state index in [1.165, 1.54) is 12.4 Å². The molecule has 3 rings (SSSR count). The van der Waals surface area contributed by atoms with Crippen LogP contribution in [0.2, 0.25) is 0 Å². The quantitative estimate of drug-likeness (QED) is 0.581. The number of fused-ring (bicyclic) bond motifs is 3. The van der Waals surface area contributed by atoms with Crippen LogP contribution in [0.3, 0.4) is 0 Å². The van der Waals surface area contributed by atoms with Gasteiger partial charge in [0.1, 0.15) is 5.58 Å². The molecule has 4 nitrogen and oxygen atoms in total. The second kappa shape index (κ2) is 2.45. The van der Waals surface area contributed by atoms with Crippen LogP contribution in [0.1, 0.15) is 0 Å². The van der Waals surface area contributed by atoms with Gasteiger partial charge in [-0.15, -0.1) is 0 Å². The van der Waals surface area contributed by atoms with Gasteiger partial charge in [-0.05, 0) is 12.1 Å². The summed E-state index contributed by atoms with van der Waals surface area (Å²) in [4.78, 5) is 18.3. The monoisotopic (exact) mass is 186 g/mol. The van der Waals surface area contributed by atoms with Crippen LogP contribution in [0.25, 0.3) is 22.1 Å². The van der Waals surface area contributed by atoms with Crippen molar-refractivity contribution in [3.8, 4) is 0 Å². The number of nitrogens with zero attached hydrogens (tertiary/aromatic N) is 1. The first-order valence-electron chi connectivity index (χ1n) is 4.20. The van der Waals surface area contributed by atoms with Crippen LogP contribution in [0.5, 0.6) is 0 Å². The van der Waals surface area contributed by atoms with Gasteiger partial charge >= 0.3 is 0 Å². The number of rotatable bonds is 0. The van der Waals surface area contributed by atoms with Gasteiger partial charge in [0.25, 0.3) is 0 Å². The maximum atomic E-state index is 11.6. The first-order valence-corrected chi connectivity index (χ1v) is 4.20. The molecule has 0 aliphatic rings. The molecule has 0 radical (unpaired) electrons. The van der Waals surface area contributed by atoms with Crippen molar-refractivity contribution in [2.24, 2.45) is 0 Å². The molecule has 2 heterocycles. The Kier molecular flexibility index (Phi) is 1.28. The van der Waals surface area contributed by atoms with E-state index in [1.807, 2.05) is 0 Å². The molecule has 0 spiro atoms. The van der Waals surface area contributed by atoms with Crippen LogP contribution in [-0.4, -0.2) is 9.97 Å². The lowest BCUT2D eigenvalue weighted by molar-refractivity contribution is 0.665. The fraction of sp³-hybridized carbons (Fsp3) is 0. The van der Waals surface area contributed by atoms with E-state index in [1.54, 1.807) is 18.3 Å². The van der Waals surface area contributed by atoms with E-state index in [4.69, 9.17) is 4.42 Å². The summed E-state index contributed by atoms with van der Waals surface area (Å²) in [6.45, 7) is 0. The highest BCUT2D eigenvalue weighted by Gasteiger charge is 2.08. The summed E-state index contributed by atoms with van der Waals surface area (Å²) >= 11 is 0. The third-order valence-electron chi connectivity index (χ3n) is 2.18. The Labute approximate surface area is 78.2 Å². The van der Waals surface area contributed by atoms with Gasteiger partial charge in [-0.1, -0.05) is 6.07 Å². The molecule has 2 aromatic heterocycles. The average molecular weight is 186 g/mol. The minimum Gasteiger partial charge on any atom is -0.453 e. The highest BCUT2D eigenvalue weighted by atomic mass is 16.3. The Balaban J connectivity index is 2.73. The first-order chi connectivity index (χ1) is 6.86. The molecule has 1 N–H and O–H groups in total. The summed E-state index contributed by atoms with van der Waals surface area (Å²) in [5.41, 5.74) is 1.87. The maximum absolute atomic E-state index is 11.6. The molecule has 1 aromatic carbocycles. The number of hydrogen-bond donors (Lipinski definition) is 1. The van der Waals surface area contributed by atoms with Gasteiger partial charge in [-0.3, -0.25) is 4.79 Å². The number of aromatic nitrogens is 2. The standard InChI is InChI=1S/C10H6N2O2/c13-6-2-1-3-7-9(6)10-8(14-7)4-11-5-12-10/h1-5H,(H,11,12). The van der Waals surface area contributed by atoms with Gasteiger partial charge in [0, 0.05) is 0 Å². The number of nitrogens with one attached hydrogen (secondary N) is 1. The van der Waals surface area contributed by atoms with Crippen molar-refractivity contribution < 1.29 is 4.42 Å². The van der Waals surface area contributed by atoms with Gasteiger partial charge < -0.3 is 9.40 Å². The lowest BCUT2D eigenvalue weighted by Gasteiger charge is -1.85. The maximum Gasteiger partial charge on any atom is 0.191 e. The zero-order valence-corrected chi connectivity index (χ0v) is 7.15. The second-order valence-electron chi connectivity index (χ2n) is 3.02. The Morgan fingerprint density at radius 1 is 1.29 bits per heavy atom. The van der Waals surface area contributed by atoms with Crippen molar-refractivity contribution in [2.75, 3.05) is 0 Å². The molecule has 68 valence electrons. The van der Waals surface area contributed by atoms with E-state index >= 15 is 0 Å². The van der Waals surface area contributed by atoms with E-state index in [2.05, 4.69) is 9.97 Å². The van der Waals surface area contributed by atoms with Gasteiger partial charge in [0.15, 0.2) is 11.0 Å². The molecule has 3 aromatic rings. The normalized spacial score (nSPS) is 11.1. The zero-order valence-electron chi connectivity index (χ0n) is 7.15. The Bertz CT molecular complexity index is 666. The van der Waals surface area contributed by atoms with E-state index < -0.39 is 0 Å². The third-order valence-corrected chi connectivity index (χ3v) is 2.18. The van der Waals surface area contributed by atoms with E-state index in [-0.39, 0.29) is 5.43 Å². The van der Waals surface area contributed by atoms with Gasteiger partial charge in [-0.2, -0.15) is 0 Å². The summed E-state index contributed by atoms with van der Waals surface area (Å²) < 4.78 is 5.44. The Morgan fingerprint density at radius 2 is 2.21 bits per heavy atom. The van der Waals surface area contributed by atoms with Crippen molar-refractivity contribution in [1.29, 1.82) is 0 Å². The van der Waals surface area contributed by atoms with Gasteiger partial charge in [0.05, 0.1) is 23.4 Å². The molecule has 0 amide bonds. The number of hydrogen-bond acceptors (Lipinski definition) is 3. The first kappa shape index (κ1) is 7.32. The molecule has 0 aliphatic carbocycles. The van der Waals surface area contributed by atoms with Crippen molar-refractivity contribution >= 4 is 22.1 Å². The molecular weight excluding hydrogens is 180 g/mol. The molecule has 0 unspecified atom stereocenters. The van der Waals surface area contributed by atoms with Crippen LogP contribution in [0.4, 0.5) is 0 Å². The van der Waals surface area contributed by atoms with E-state index in [0.717, 1.165) is 0 Å². The zero-order chi connectivity index (χ0) is 9.54. The molecular formula is C10H6N2O2. The fourth-order valence-corrected chi connectivity index (χ4v) is 1.58. The van der Waals surface area contributed by atoms with Crippen LogP contribution in [0, 0.1) is 0 Å². The second-order valence-corrected chi connectivity index (χ2v) is 3.02. The smallest absolute Gasteiger partial charge is 0.191 e. The van der Waals surface area contributed by atoms with Crippen molar-refractivity contribution in [3.63, 3.8) is 0 Å². The fourth-order valence-electron chi connectivity index (χ4n) is 1.58. The molecule has 0 atom stereocenters. The largest absolute Gasteiger partial charge is 0.453 e. The highest BCUT2D eigenvalue weighted by molar-refractivity contribution is 6.01. The topological polar surface area (TPSA) is 58.9 Å². The minimum atomic E-state index is -0.0382. The molecule has 4 heteroatoms. The Hall–Kier alpha value is -2.10. The predicted octanol–water partition coefficient (Wildman–Crippen LogP) is 1.67. The van der Waals surface area contributed by atoms with Crippen LogP contribution in [-0.2, 0) is 0 Å². The number of H-pyrrole nitrogens is 1. The molecule has 0 fully saturated rings. The van der Waals surface area contributed by atoms with E-state index in [0.29, 0.717) is 22.1 Å². The Morgan fingerprint density at radius 3 is 3.14 bits per heavy atom. The van der Waals surface area contributed by atoms with Crippen molar-refractivity contribution in [1.82, 2.24) is 9.97 Å². The third kappa shape index (κ3) is 0.821. The lowest BCUT2D eigenvalue weighted by atomic mass is 10.2. The molecule has 14 heavy (non-hydrogen) atoms. The summed E-state index contributed by atoms with van der Waals surface area (Å²) in [7, 11) is 0. The number of furan rings is 1. The molecule has 0 bridgehead atoms. The average Bonchev–Trinajstić information content (AvgIpc) is 2.57. The number of benzene rings is 1. The summed E-state index contributed by atoms with van der Waals surface area (Å²) in [5, 5.41) is 0.588.